The Hall–Kier alpha value is -2.16. The molecule has 0 aliphatic rings. The van der Waals surface area contributed by atoms with Crippen molar-refractivity contribution >= 4 is 5.97 Å². The summed E-state index contributed by atoms with van der Waals surface area (Å²) in [7, 11) is 0. The van der Waals surface area contributed by atoms with Crippen molar-refractivity contribution in [3.05, 3.63) is 65.5 Å². The quantitative estimate of drug-likeness (QED) is 0.908. The molecule has 1 aromatic carbocycles. The summed E-state index contributed by atoms with van der Waals surface area (Å²) in [6.45, 7) is 6.02. The molecule has 0 fully saturated rings. The van der Waals surface area contributed by atoms with Gasteiger partial charge < -0.3 is 5.11 Å². The van der Waals surface area contributed by atoms with Crippen molar-refractivity contribution in [2.24, 2.45) is 0 Å². The van der Waals surface area contributed by atoms with Gasteiger partial charge in [0.05, 0.1) is 5.41 Å². The summed E-state index contributed by atoms with van der Waals surface area (Å²) in [6.07, 6.45) is 3.85. The van der Waals surface area contributed by atoms with Crippen molar-refractivity contribution in [3.8, 4) is 0 Å². The van der Waals surface area contributed by atoms with Gasteiger partial charge in [-0.25, -0.2) is 0 Å². The molecule has 3 nitrogen and oxygen atoms in total. The van der Waals surface area contributed by atoms with Crippen LogP contribution in [0.2, 0.25) is 0 Å². The summed E-state index contributed by atoms with van der Waals surface area (Å²) in [5, 5.41) is 9.71. The maximum Gasteiger partial charge on any atom is 0.314 e. The van der Waals surface area contributed by atoms with E-state index in [2.05, 4.69) is 18.8 Å². The smallest absolute Gasteiger partial charge is 0.314 e. The summed E-state index contributed by atoms with van der Waals surface area (Å²) in [4.78, 5) is 15.9. The summed E-state index contributed by atoms with van der Waals surface area (Å²) >= 11 is 0. The SMILES string of the molecule is CC(C)c1ccc(C(C)(Cc2cccnc2)C(=O)O)cc1. The van der Waals surface area contributed by atoms with Crippen LogP contribution < -0.4 is 0 Å². The van der Waals surface area contributed by atoms with E-state index in [9.17, 15) is 9.90 Å². The minimum absolute atomic E-state index is 0.428. The second-order valence-corrected chi connectivity index (χ2v) is 5.95. The highest BCUT2D eigenvalue weighted by atomic mass is 16.4. The van der Waals surface area contributed by atoms with E-state index in [-0.39, 0.29) is 0 Å². The Kier molecular flexibility index (Phi) is 4.41. The van der Waals surface area contributed by atoms with Crippen molar-refractivity contribution in [3.63, 3.8) is 0 Å². The molecule has 0 bridgehead atoms. The number of benzene rings is 1. The fraction of sp³-hybridized carbons (Fsp3) is 0.333. The molecule has 0 radical (unpaired) electrons. The highest BCUT2D eigenvalue weighted by Gasteiger charge is 2.35. The number of aliphatic carboxylic acids is 1. The van der Waals surface area contributed by atoms with Gasteiger partial charge in [0.2, 0.25) is 0 Å². The Balaban J connectivity index is 2.35. The van der Waals surface area contributed by atoms with Gasteiger partial charge in [-0.15, -0.1) is 0 Å². The third-order valence-corrected chi connectivity index (χ3v) is 3.97. The van der Waals surface area contributed by atoms with Gasteiger partial charge in [-0.3, -0.25) is 9.78 Å². The predicted octanol–water partition coefficient (Wildman–Crippen LogP) is 3.79. The Labute approximate surface area is 125 Å². The molecule has 1 unspecified atom stereocenters. The Morgan fingerprint density at radius 1 is 1.24 bits per heavy atom. The van der Waals surface area contributed by atoms with E-state index in [0.29, 0.717) is 12.3 Å². The van der Waals surface area contributed by atoms with Crippen LogP contribution in [-0.2, 0) is 16.6 Å². The Bertz CT molecular complexity index is 605. The van der Waals surface area contributed by atoms with Crippen molar-refractivity contribution in [1.29, 1.82) is 0 Å². The number of carbonyl (C=O) groups is 1. The second kappa shape index (κ2) is 6.08. The fourth-order valence-electron chi connectivity index (χ4n) is 2.45. The van der Waals surface area contributed by atoms with Crippen LogP contribution in [0.25, 0.3) is 0 Å². The molecule has 1 atom stereocenters. The van der Waals surface area contributed by atoms with Crippen molar-refractivity contribution in [1.82, 2.24) is 4.98 Å². The number of hydrogen-bond acceptors (Lipinski definition) is 2. The van der Waals surface area contributed by atoms with E-state index >= 15 is 0 Å². The van der Waals surface area contributed by atoms with Gasteiger partial charge >= 0.3 is 5.97 Å². The topological polar surface area (TPSA) is 50.2 Å². The van der Waals surface area contributed by atoms with Gasteiger partial charge in [0.25, 0.3) is 0 Å². The first-order valence-corrected chi connectivity index (χ1v) is 7.16. The number of nitrogens with zero attached hydrogens (tertiary/aromatic N) is 1. The highest BCUT2D eigenvalue weighted by Crippen LogP contribution is 2.29. The lowest BCUT2D eigenvalue weighted by Gasteiger charge is -2.26. The van der Waals surface area contributed by atoms with E-state index < -0.39 is 11.4 Å². The lowest BCUT2D eigenvalue weighted by Crippen LogP contribution is -2.34. The highest BCUT2D eigenvalue weighted by molar-refractivity contribution is 5.81. The van der Waals surface area contributed by atoms with E-state index in [0.717, 1.165) is 11.1 Å². The van der Waals surface area contributed by atoms with Crippen molar-refractivity contribution < 1.29 is 9.90 Å². The standard InChI is InChI=1S/C18H21NO2/c1-13(2)15-6-8-16(9-7-15)18(3,17(20)21)11-14-5-4-10-19-12-14/h4-10,12-13H,11H2,1-3H3,(H,20,21). The normalized spacial score (nSPS) is 13.9. The van der Waals surface area contributed by atoms with Gasteiger partial charge in [0.15, 0.2) is 0 Å². The molecule has 1 aromatic heterocycles. The molecule has 0 saturated heterocycles. The molecule has 21 heavy (non-hydrogen) atoms. The molecule has 110 valence electrons. The number of carboxylic acids is 1. The molecule has 2 aromatic rings. The third-order valence-electron chi connectivity index (χ3n) is 3.97. The van der Waals surface area contributed by atoms with Crippen LogP contribution in [0.1, 0.15) is 43.4 Å². The number of pyridine rings is 1. The first kappa shape index (κ1) is 15.2. The molecule has 0 amide bonds. The largest absolute Gasteiger partial charge is 0.481 e. The summed E-state index contributed by atoms with van der Waals surface area (Å²) in [6, 6.07) is 11.6. The maximum atomic E-state index is 11.8. The van der Waals surface area contributed by atoms with Crippen molar-refractivity contribution in [2.75, 3.05) is 0 Å². The molecule has 0 aliphatic heterocycles. The molecule has 0 spiro atoms. The van der Waals surface area contributed by atoms with Crippen LogP contribution in [-0.4, -0.2) is 16.1 Å². The summed E-state index contributed by atoms with van der Waals surface area (Å²) < 4.78 is 0. The molecule has 1 heterocycles. The maximum absolute atomic E-state index is 11.8. The lowest BCUT2D eigenvalue weighted by atomic mass is 9.77. The van der Waals surface area contributed by atoms with Gasteiger partial charge in [0.1, 0.15) is 0 Å². The average Bonchev–Trinajstić information content (AvgIpc) is 2.48. The minimum Gasteiger partial charge on any atom is -0.481 e. The zero-order valence-electron chi connectivity index (χ0n) is 12.7. The molecule has 2 rings (SSSR count). The molecular formula is C18H21NO2. The first-order chi connectivity index (χ1) is 9.93. The predicted molar refractivity (Wildman–Crippen MR) is 83.5 cm³/mol. The molecule has 0 aliphatic carbocycles. The van der Waals surface area contributed by atoms with Gasteiger partial charge in [-0.2, -0.15) is 0 Å². The van der Waals surface area contributed by atoms with Crippen LogP contribution in [0.5, 0.6) is 0 Å². The molecule has 1 N–H and O–H groups in total. The van der Waals surface area contributed by atoms with Crippen LogP contribution in [0, 0.1) is 0 Å². The van der Waals surface area contributed by atoms with Crippen LogP contribution in [0.15, 0.2) is 48.8 Å². The summed E-state index contributed by atoms with van der Waals surface area (Å²) in [5.74, 6) is -0.378. The third kappa shape index (κ3) is 3.30. The zero-order chi connectivity index (χ0) is 15.5. The second-order valence-electron chi connectivity index (χ2n) is 5.95. The Morgan fingerprint density at radius 2 is 1.90 bits per heavy atom. The van der Waals surface area contributed by atoms with E-state index in [4.69, 9.17) is 0 Å². The monoisotopic (exact) mass is 283 g/mol. The lowest BCUT2D eigenvalue weighted by molar-refractivity contribution is -0.143. The number of rotatable bonds is 5. The molecular weight excluding hydrogens is 262 g/mol. The zero-order valence-corrected chi connectivity index (χ0v) is 12.7. The Morgan fingerprint density at radius 3 is 2.38 bits per heavy atom. The van der Waals surface area contributed by atoms with Crippen LogP contribution in [0.3, 0.4) is 0 Å². The average molecular weight is 283 g/mol. The van der Waals surface area contributed by atoms with Crippen LogP contribution >= 0.6 is 0 Å². The summed E-state index contributed by atoms with van der Waals surface area (Å²) in [5.41, 5.74) is 2.02. The van der Waals surface area contributed by atoms with Gasteiger partial charge in [0, 0.05) is 12.4 Å². The van der Waals surface area contributed by atoms with Gasteiger partial charge in [-0.05, 0) is 42.0 Å². The fourth-order valence-corrected chi connectivity index (χ4v) is 2.45. The number of carboxylic acid groups (broad SMARTS) is 1. The first-order valence-electron chi connectivity index (χ1n) is 7.16. The van der Waals surface area contributed by atoms with E-state index in [1.165, 1.54) is 5.56 Å². The number of aromatic nitrogens is 1. The van der Waals surface area contributed by atoms with E-state index in [1.54, 1.807) is 19.3 Å². The molecule has 3 heteroatoms. The van der Waals surface area contributed by atoms with Crippen LogP contribution in [0.4, 0.5) is 0 Å². The molecule has 0 saturated carbocycles. The minimum atomic E-state index is -0.946. The van der Waals surface area contributed by atoms with E-state index in [1.807, 2.05) is 36.4 Å². The van der Waals surface area contributed by atoms with Gasteiger partial charge in [-0.1, -0.05) is 44.2 Å². The number of hydrogen-bond donors (Lipinski definition) is 1. The van der Waals surface area contributed by atoms with Crippen molar-refractivity contribution in [2.45, 2.75) is 38.5 Å².